The van der Waals surface area contributed by atoms with Crippen LogP contribution >= 0.6 is 11.3 Å². The second-order valence-corrected chi connectivity index (χ2v) is 11.8. The molecule has 1 atom stereocenters. The molecule has 2 aromatic heterocycles. The summed E-state index contributed by atoms with van der Waals surface area (Å²) >= 11 is 1.26. The van der Waals surface area contributed by atoms with Crippen molar-refractivity contribution in [2.24, 2.45) is 0 Å². The molecule has 2 aliphatic heterocycles. The van der Waals surface area contributed by atoms with E-state index in [9.17, 15) is 22.4 Å². The van der Waals surface area contributed by atoms with Crippen molar-refractivity contribution in [2.45, 2.75) is 51.4 Å². The van der Waals surface area contributed by atoms with Crippen molar-refractivity contribution < 1.29 is 31.9 Å². The first kappa shape index (κ1) is 30.2. The summed E-state index contributed by atoms with van der Waals surface area (Å²) in [4.78, 5) is 30.4. The van der Waals surface area contributed by atoms with Gasteiger partial charge in [0.1, 0.15) is 12.1 Å². The lowest BCUT2D eigenvalue weighted by atomic mass is 10.1. The second kappa shape index (κ2) is 12.6. The summed E-state index contributed by atoms with van der Waals surface area (Å²) in [5.74, 6) is -2.34. The minimum absolute atomic E-state index is 0.00536. The number of benzene rings is 1. The Hall–Kier alpha value is -3.23. The highest BCUT2D eigenvalue weighted by molar-refractivity contribution is 7.12. The Balaban J connectivity index is 1.41. The minimum Gasteiger partial charge on any atom is -0.481 e. The number of carboxylic acid groups (broad SMARTS) is 1. The molecule has 8 nitrogen and oxygen atoms in total. The van der Waals surface area contributed by atoms with E-state index in [1.807, 2.05) is 4.90 Å². The lowest BCUT2D eigenvalue weighted by molar-refractivity contribution is -0.138. The molecule has 0 bridgehead atoms. The third kappa shape index (κ3) is 7.04. The fraction of sp³-hybridized carbons (Fsp3) is 0.500. The number of hydrogen-bond acceptors (Lipinski definition) is 8. The molecule has 0 saturated carbocycles. The number of hydrogen-bond donors (Lipinski definition) is 1. The van der Waals surface area contributed by atoms with Crippen molar-refractivity contribution in [1.29, 1.82) is 0 Å². The van der Waals surface area contributed by atoms with E-state index in [1.54, 1.807) is 4.90 Å². The number of thiazole rings is 1. The van der Waals surface area contributed by atoms with E-state index in [2.05, 4.69) is 26.8 Å². The predicted molar refractivity (Wildman–Crippen MR) is 147 cm³/mol. The summed E-state index contributed by atoms with van der Waals surface area (Å²) in [6.45, 7) is 5.83. The normalized spacial score (nSPS) is 18.6. The molecule has 1 aromatic carbocycles. The number of alkyl halides is 3. The topological polar surface area (TPSA) is 85.7 Å². The summed E-state index contributed by atoms with van der Waals surface area (Å²) in [6.07, 6.45) is -1.41. The van der Waals surface area contributed by atoms with Crippen LogP contribution in [0.1, 0.15) is 47.3 Å². The zero-order valence-electron chi connectivity index (χ0n) is 23.0. The molecule has 0 spiro atoms. The summed E-state index contributed by atoms with van der Waals surface area (Å²) in [5.41, 5.74) is -0.713. The van der Waals surface area contributed by atoms with Gasteiger partial charge < -0.3 is 10.0 Å². The number of carbonyl (C=O) groups is 1. The molecule has 14 heteroatoms. The predicted octanol–water partition coefficient (Wildman–Crippen LogP) is 5.07. The van der Waals surface area contributed by atoms with Crippen LogP contribution in [-0.4, -0.2) is 81.1 Å². The molecule has 2 saturated heterocycles. The van der Waals surface area contributed by atoms with E-state index < -0.39 is 29.3 Å². The molecule has 1 N–H and O–H groups in total. The summed E-state index contributed by atoms with van der Waals surface area (Å²) in [5, 5.41) is 9.36. The monoisotopic (exact) mass is 610 g/mol. The summed E-state index contributed by atoms with van der Waals surface area (Å²) in [7, 11) is 0. The Kier molecular flexibility index (Phi) is 9.04. The highest BCUT2D eigenvalue weighted by Crippen LogP contribution is 2.37. The van der Waals surface area contributed by atoms with Crippen molar-refractivity contribution in [1.82, 2.24) is 24.8 Å². The maximum Gasteiger partial charge on any atom is 0.416 e. The van der Waals surface area contributed by atoms with Gasteiger partial charge in [-0.3, -0.25) is 14.6 Å². The summed E-state index contributed by atoms with van der Waals surface area (Å²) < 4.78 is 70.5. The first-order valence-corrected chi connectivity index (χ1v) is 14.6. The number of likely N-dealkylation sites (tertiary alicyclic amines) is 1. The van der Waals surface area contributed by atoms with Gasteiger partial charge in [0.05, 0.1) is 28.4 Å². The number of aromatic nitrogens is 3. The van der Waals surface area contributed by atoms with E-state index >= 15 is 4.39 Å². The van der Waals surface area contributed by atoms with E-state index in [4.69, 9.17) is 5.11 Å². The third-order valence-electron chi connectivity index (χ3n) is 7.75. The fourth-order valence-corrected chi connectivity index (χ4v) is 6.55. The van der Waals surface area contributed by atoms with Gasteiger partial charge in [-0.2, -0.15) is 13.2 Å². The molecule has 5 rings (SSSR count). The van der Waals surface area contributed by atoms with E-state index in [-0.39, 0.29) is 41.7 Å². The van der Waals surface area contributed by atoms with Crippen LogP contribution in [0.25, 0.3) is 11.3 Å². The van der Waals surface area contributed by atoms with Crippen LogP contribution in [-0.2, 0) is 23.9 Å². The average molecular weight is 611 g/mol. The van der Waals surface area contributed by atoms with Gasteiger partial charge in [0.15, 0.2) is 11.6 Å². The van der Waals surface area contributed by atoms with Crippen LogP contribution in [0, 0.1) is 11.6 Å². The first-order chi connectivity index (χ1) is 20.0. The van der Waals surface area contributed by atoms with Gasteiger partial charge in [0.25, 0.3) is 0 Å². The van der Waals surface area contributed by atoms with Gasteiger partial charge in [-0.25, -0.2) is 23.7 Å². The Bertz CT molecular complexity index is 1430. The van der Waals surface area contributed by atoms with Crippen LogP contribution in [0.4, 0.5) is 27.8 Å². The van der Waals surface area contributed by atoms with E-state index in [0.29, 0.717) is 55.2 Å². The minimum atomic E-state index is -4.72. The fourth-order valence-electron chi connectivity index (χ4n) is 5.43. The van der Waals surface area contributed by atoms with Gasteiger partial charge in [-0.15, -0.1) is 11.3 Å². The molecule has 4 heterocycles. The van der Waals surface area contributed by atoms with Crippen molar-refractivity contribution in [3.05, 3.63) is 57.3 Å². The molecule has 226 valence electrons. The highest BCUT2D eigenvalue weighted by atomic mass is 32.1. The second-order valence-electron chi connectivity index (χ2n) is 10.7. The number of rotatable bonds is 9. The summed E-state index contributed by atoms with van der Waals surface area (Å²) in [6, 6.07) is 2.69. The molecule has 0 radical (unpaired) electrons. The Morgan fingerprint density at radius 1 is 1.10 bits per heavy atom. The zero-order valence-corrected chi connectivity index (χ0v) is 23.8. The molecule has 2 fully saturated rings. The van der Waals surface area contributed by atoms with Gasteiger partial charge in [0, 0.05) is 62.2 Å². The molecule has 3 aromatic rings. The molecule has 42 heavy (non-hydrogen) atoms. The van der Waals surface area contributed by atoms with Crippen LogP contribution in [0.15, 0.2) is 24.5 Å². The Morgan fingerprint density at radius 2 is 1.86 bits per heavy atom. The van der Waals surface area contributed by atoms with Crippen molar-refractivity contribution in [2.75, 3.05) is 44.2 Å². The Labute approximate surface area is 243 Å². The highest BCUT2D eigenvalue weighted by Gasteiger charge is 2.32. The largest absolute Gasteiger partial charge is 0.481 e. The van der Waals surface area contributed by atoms with Crippen LogP contribution in [0.2, 0.25) is 0 Å². The number of nitrogens with zero attached hydrogens (tertiary/aromatic N) is 6. The molecule has 2 aliphatic rings. The maximum atomic E-state index is 15.7. The first-order valence-electron chi connectivity index (χ1n) is 13.8. The van der Waals surface area contributed by atoms with Crippen LogP contribution < -0.4 is 4.90 Å². The van der Waals surface area contributed by atoms with E-state index in [1.165, 1.54) is 17.7 Å². The number of halogens is 5. The van der Waals surface area contributed by atoms with Crippen LogP contribution in [0.3, 0.4) is 0 Å². The molecule has 0 aliphatic carbocycles. The van der Waals surface area contributed by atoms with Gasteiger partial charge in [0.2, 0.25) is 0 Å². The SMILES string of the molecule is C[C@@H]1CCCN1Cc1sc(Cc2ncnc(N3CCN(CCC(=O)O)CC3)c2F)nc1-c1cc(F)cc(C(F)(F)F)c1. The standard InChI is InChI=1S/C28H31F5N6O2S/c1-17-3-2-5-39(17)15-22-26(18-11-19(28(31,32)33)13-20(29)12-18)36-23(42-22)14-21-25(30)27(35-16-34-21)38-9-7-37(8-10-38)6-4-24(40)41/h11-13,16-17H,2-10,14-15H2,1H3,(H,40,41)/t17-/m1/s1. The molecule has 0 unspecified atom stereocenters. The van der Waals surface area contributed by atoms with Gasteiger partial charge in [-0.05, 0) is 44.5 Å². The number of piperazine rings is 1. The Morgan fingerprint density at radius 3 is 2.52 bits per heavy atom. The van der Waals surface area contributed by atoms with Crippen molar-refractivity contribution in [3.8, 4) is 11.3 Å². The molecular formula is C28H31F5N6O2S. The smallest absolute Gasteiger partial charge is 0.416 e. The lowest BCUT2D eigenvalue weighted by Gasteiger charge is -2.35. The lowest BCUT2D eigenvalue weighted by Crippen LogP contribution is -2.47. The molecular weight excluding hydrogens is 579 g/mol. The van der Waals surface area contributed by atoms with Gasteiger partial charge >= 0.3 is 12.1 Å². The quantitative estimate of drug-likeness (QED) is 0.337. The van der Waals surface area contributed by atoms with Crippen LogP contribution in [0.5, 0.6) is 0 Å². The average Bonchev–Trinajstić information content (AvgIpc) is 3.53. The third-order valence-corrected chi connectivity index (χ3v) is 8.79. The zero-order chi connectivity index (χ0) is 30.0. The maximum absolute atomic E-state index is 15.7. The number of anilines is 1. The number of carboxylic acids is 1. The molecule has 0 amide bonds. The number of aliphatic carboxylic acids is 1. The van der Waals surface area contributed by atoms with Gasteiger partial charge in [-0.1, -0.05) is 0 Å². The van der Waals surface area contributed by atoms with E-state index in [0.717, 1.165) is 31.5 Å². The van der Waals surface area contributed by atoms with Crippen molar-refractivity contribution in [3.63, 3.8) is 0 Å². The van der Waals surface area contributed by atoms with Crippen molar-refractivity contribution >= 4 is 23.1 Å².